The summed E-state index contributed by atoms with van der Waals surface area (Å²) >= 11 is 0. The second-order valence-corrected chi connectivity index (χ2v) is 6.56. The third-order valence-corrected chi connectivity index (χ3v) is 4.70. The van der Waals surface area contributed by atoms with Crippen LogP contribution in [0, 0.1) is 6.92 Å². The standard InChI is InChI=1S/C22H24N2O4/c1-4-28-19-11-8-12-24-21(15(2)23-22(19)24)18(25)13-17(14-20(26)27-3)16-9-6-5-7-10-16/h5-12,17H,4,13-14H2,1-3H3/t17-/m0/s1. The van der Waals surface area contributed by atoms with E-state index in [1.807, 2.05) is 62.5 Å². The Morgan fingerprint density at radius 1 is 1.11 bits per heavy atom. The first-order chi connectivity index (χ1) is 13.5. The molecular formula is C22H24N2O4. The van der Waals surface area contributed by atoms with Crippen molar-refractivity contribution < 1.29 is 19.1 Å². The predicted octanol–water partition coefficient (Wildman–Crippen LogP) is 3.96. The first-order valence-corrected chi connectivity index (χ1v) is 9.30. The average Bonchev–Trinajstić information content (AvgIpc) is 3.05. The van der Waals surface area contributed by atoms with Crippen molar-refractivity contribution in [2.75, 3.05) is 13.7 Å². The molecule has 0 saturated heterocycles. The average molecular weight is 380 g/mol. The zero-order chi connectivity index (χ0) is 20.1. The molecule has 0 fully saturated rings. The van der Waals surface area contributed by atoms with Gasteiger partial charge < -0.3 is 9.47 Å². The molecule has 3 rings (SSSR count). The zero-order valence-corrected chi connectivity index (χ0v) is 16.3. The normalized spacial score (nSPS) is 12.0. The van der Waals surface area contributed by atoms with Crippen LogP contribution in [0.2, 0.25) is 0 Å². The number of rotatable bonds is 8. The van der Waals surface area contributed by atoms with Crippen molar-refractivity contribution in [3.63, 3.8) is 0 Å². The monoisotopic (exact) mass is 380 g/mol. The van der Waals surface area contributed by atoms with Gasteiger partial charge in [-0.05, 0) is 31.5 Å². The van der Waals surface area contributed by atoms with E-state index in [9.17, 15) is 9.59 Å². The smallest absolute Gasteiger partial charge is 0.306 e. The third-order valence-electron chi connectivity index (χ3n) is 4.70. The highest BCUT2D eigenvalue weighted by atomic mass is 16.5. The van der Waals surface area contributed by atoms with E-state index in [2.05, 4.69) is 4.98 Å². The number of ether oxygens (including phenoxy) is 2. The van der Waals surface area contributed by atoms with Crippen molar-refractivity contribution >= 4 is 17.4 Å². The van der Waals surface area contributed by atoms with Gasteiger partial charge in [0.1, 0.15) is 5.69 Å². The van der Waals surface area contributed by atoms with Gasteiger partial charge >= 0.3 is 5.97 Å². The summed E-state index contributed by atoms with van der Waals surface area (Å²) in [7, 11) is 1.36. The topological polar surface area (TPSA) is 69.9 Å². The van der Waals surface area contributed by atoms with Crippen molar-refractivity contribution in [2.24, 2.45) is 0 Å². The van der Waals surface area contributed by atoms with Gasteiger partial charge in [-0.1, -0.05) is 30.3 Å². The molecule has 2 heterocycles. The van der Waals surface area contributed by atoms with Crippen molar-refractivity contribution in [1.29, 1.82) is 0 Å². The molecular weight excluding hydrogens is 356 g/mol. The lowest BCUT2D eigenvalue weighted by Crippen LogP contribution is -2.15. The van der Waals surface area contributed by atoms with E-state index in [1.54, 1.807) is 4.40 Å². The van der Waals surface area contributed by atoms with Crippen molar-refractivity contribution in [2.45, 2.75) is 32.6 Å². The summed E-state index contributed by atoms with van der Waals surface area (Å²) in [4.78, 5) is 29.6. The zero-order valence-electron chi connectivity index (χ0n) is 16.3. The van der Waals surface area contributed by atoms with Gasteiger partial charge in [-0.2, -0.15) is 0 Å². The number of carbonyl (C=O) groups excluding carboxylic acids is 2. The first-order valence-electron chi connectivity index (χ1n) is 9.30. The molecule has 0 spiro atoms. The Balaban J connectivity index is 1.95. The highest BCUT2D eigenvalue weighted by molar-refractivity contribution is 5.97. The molecule has 3 aromatic rings. The van der Waals surface area contributed by atoms with Gasteiger partial charge in [-0.3, -0.25) is 14.0 Å². The summed E-state index contributed by atoms with van der Waals surface area (Å²) in [5.74, 6) is -0.0333. The minimum Gasteiger partial charge on any atom is -0.490 e. The number of esters is 1. The number of aryl methyl sites for hydroxylation is 1. The largest absolute Gasteiger partial charge is 0.490 e. The van der Waals surface area contributed by atoms with E-state index < -0.39 is 0 Å². The van der Waals surface area contributed by atoms with Crippen LogP contribution in [-0.4, -0.2) is 34.9 Å². The highest BCUT2D eigenvalue weighted by Crippen LogP contribution is 2.28. The molecule has 6 nitrogen and oxygen atoms in total. The SMILES string of the molecule is CCOc1cccn2c(C(=O)C[C@@H](CC(=O)OC)c3ccccc3)c(C)nc12. The Hall–Kier alpha value is -3.15. The lowest BCUT2D eigenvalue weighted by molar-refractivity contribution is -0.141. The molecule has 1 aromatic carbocycles. The fraction of sp³-hybridized carbons (Fsp3) is 0.318. The minimum absolute atomic E-state index is 0.0728. The Labute approximate surface area is 164 Å². The summed E-state index contributed by atoms with van der Waals surface area (Å²) in [6.07, 6.45) is 2.14. The number of benzene rings is 1. The molecule has 0 aliphatic carbocycles. The van der Waals surface area contributed by atoms with E-state index in [1.165, 1.54) is 7.11 Å². The van der Waals surface area contributed by atoms with E-state index in [0.29, 0.717) is 29.4 Å². The number of hydrogen-bond donors (Lipinski definition) is 0. The molecule has 0 N–H and O–H groups in total. The lowest BCUT2D eigenvalue weighted by Gasteiger charge is -2.16. The fourth-order valence-corrected chi connectivity index (χ4v) is 3.40. The molecule has 0 bridgehead atoms. The molecule has 1 atom stereocenters. The Morgan fingerprint density at radius 2 is 1.86 bits per heavy atom. The maximum absolute atomic E-state index is 13.2. The van der Waals surface area contributed by atoms with E-state index in [0.717, 1.165) is 5.56 Å². The molecule has 0 amide bonds. The van der Waals surface area contributed by atoms with Gasteiger partial charge in [0, 0.05) is 18.5 Å². The number of carbonyl (C=O) groups is 2. The summed E-state index contributed by atoms with van der Waals surface area (Å²) in [6.45, 7) is 4.24. The van der Waals surface area contributed by atoms with Crippen molar-refractivity contribution in [3.05, 3.63) is 65.6 Å². The third kappa shape index (κ3) is 4.06. The number of ketones is 1. The van der Waals surface area contributed by atoms with Crippen LogP contribution < -0.4 is 4.74 Å². The van der Waals surface area contributed by atoms with Crippen LogP contribution in [0.5, 0.6) is 5.75 Å². The van der Waals surface area contributed by atoms with Crippen molar-refractivity contribution in [1.82, 2.24) is 9.38 Å². The first kappa shape index (κ1) is 19.6. The number of aromatic nitrogens is 2. The Kier molecular flexibility index (Phi) is 6.09. The molecule has 0 saturated carbocycles. The summed E-state index contributed by atoms with van der Waals surface area (Å²) in [5.41, 5.74) is 2.71. The second kappa shape index (κ2) is 8.69. The van der Waals surface area contributed by atoms with Crippen LogP contribution in [0.3, 0.4) is 0 Å². The summed E-state index contributed by atoms with van der Waals surface area (Å²) in [5, 5.41) is 0. The van der Waals surface area contributed by atoms with E-state index in [-0.39, 0.29) is 30.5 Å². The van der Waals surface area contributed by atoms with Crippen LogP contribution >= 0.6 is 0 Å². The van der Waals surface area contributed by atoms with Crippen LogP contribution in [0.1, 0.15) is 47.4 Å². The molecule has 2 aromatic heterocycles. The van der Waals surface area contributed by atoms with Crippen LogP contribution in [0.15, 0.2) is 48.7 Å². The minimum atomic E-state index is -0.338. The number of fused-ring (bicyclic) bond motifs is 1. The maximum Gasteiger partial charge on any atom is 0.306 e. The quantitative estimate of drug-likeness (QED) is 0.437. The molecule has 0 unspecified atom stereocenters. The number of nitrogens with zero attached hydrogens (tertiary/aromatic N) is 2. The summed E-state index contributed by atoms with van der Waals surface area (Å²) < 4.78 is 12.2. The summed E-state index contributed by atoms with van der Waals surface area (Å²) in [6, 6.07) is 13.2. The van der Waals surface area contributed by atoms with Gasteiger partial charge in [0.15, 0.2) is 17.2 Å². The number of imidazole rings is 1. The van der Waals surface area contributed by atoms with E-state index in [4.69, 9.17) is 9.47 Å². The van der Waals surface area contributed by atoms with Crippen LogP contribution in [0.25, 0.3) is 5.65 Å². The molecule has 0 aliphatic heterocycles. The Bertz CT molecular complexity index is 979. The molecule has 28 heavy (non-hydrogen) atoms. The molecule has 0 radical (unpaired) electrons. The number of pyridine rings is 1. The van der Waals surface area contributed by atoms with Crippen molar-refractivity contribution in [3.8, 4) is 5.75 Å². The fourth-order valence-electron chi connectivity index (χ4n) is 3.40. The Morgan fingerprint density at radius 3 is 2.54 bits per heavy atom. The maximum atomic E-state index is 13.2. The number of hydrogen-bond acceptors (Lipinski definition) is 5. The van der Waals surface area contributed by atoms with Gasteiger partial charge in [0.25, 0.3) is 0 Å². The number of methoxy groups -OCH3 is 1. The van der Waals surface area contributed by atoms with Crippen LogP contribution in [-0.2, 0) is 9.53 Å². The molecule has 146 valence electrons. The second-order valence-electron chi connectivity index (χ2n) is 6.56. The van der Waals surface area contributed by atoms with Gasteiger partial charge in [0.2, 0.25) is 0 Å². The van der Waals surface area contributed by atoms with E-state index >= 15 is 0 Å². The van der Waals surface area contributed by atoms with Crippen LogP contribution in [0.4, 0.5) is 0 Å². The highest BCUT2D eigenvalue weighted by Gasteiger charge is 2.25. The molecule has 0 aliphatic rings. The number of Topliss-reactive ketones (excluding diaryl/α,β-unsaturated/α-hetero) is 1. The van der Waals surface area contributed by atoms with Gasteiger partial charge in [-0.25, -0.2) is 4.98 Å². The molecule has 6 heteroatoms. The van der Waals surface area contributed by atoms with Gasteiger partial charge in [0.05, 0.1) is 25.8 Å². The lowest BCUT2D eigenvalue weighted by atomic mass is 9.90. The van der Waals surface area contributed by atoms with Gasteiger partial charge in [-0.15, -0.1) is 0 Å². The predicted molar refractivity (Wildman–Crippen MR) is 106 cm³/mol.